The van der Waals surface area contributed by atoms with E-state index < -0.39 is 11.9 Å². The van der Waals surface area contributed by atoms with Crippen LogP contribution in [0.4, 0.5) is 5.69 Å². The van der Waals surface area contributed by atoms with Crippen LogP contribution in [0, 0.1) is 0 Å². The Balaban J connectivity index is 1.88. The Morgan fingerprint density at radius 2 is 1.85 bits per heavy atom. The quantitative estimate of drug-likeness (QED) is 0.584. The Bertz CT molecular complexity index is 862. The van der Waals surface area contributed by atoms with Crippen molar-refractivity contribution in [3.05, 3.63) is 72.8 Å². The number of para-hydroxylation sites is 1. The summed E-state index contributed by atoms with van der Waals surface area (Å²) in [6.45, 7) is 3.84. The molecule has 0 saturated carbocycles. The summed E-state index contributed by atoms with van der Waals surface area (Å²) in [6, 6.07) is 14.5. The third kappa shape index (κ3) is 3.60. The number of carbonyl (C=O) groups is 3. The second-order valence-corrected chi connectivity index (χ2v) is 6.10. The molecule has 27 heavy (non-hydrogen) atoms. The molecule has 6 nitrogen and oxygen atoms in total. The van der Waals surface area contributed by atoms with Gasteiger partial charge in [-0.2, -0.15) is 0 Å². The largest absolute Gasteiger partial charge is 0.497 e. The molecular weight excluding hydrogens is 344 g/mol. The number of hydrogen-bond acceptors (Lipinski definition) is 4. The third-order valence-electron chi connectivity index (χ3n) is 4.44. The topological polar surface area (TPSA) is 66.9 Å². The Morgan fingerprint density at radius 1 is 1.19 bits per heavy atom. The summed E-state index contributed by atoms with van der Waals surface area (Å²) < 4.78 is 5.10. The molecule has 0 bridgehead atoms. The zero-order valence-electron chi connectivity index (χ0n) is 15.0. The zero-order chi connectivity index (χ0) is 19.4. The first-order valence-corrected chi connectivity index (χ1v) is 8.54. The average molecular weight is 364 g/mol. The summed E-state index contributed by atoms with van der Waals surface area (Å²) in [5, 5.41) is 0. The van der Waals surface area contributed by atoms with Crippen molar-refractivity contribution in [1.82, 2.24) is 4.90 Å². The number of rotatable bonds is 6. The van der Waals surface area contributed by atoms with E-state index in [2.05, 4.69) is 6.58 Å². The second kappa shape index (κ2) is 7.86. The van der Waals surface area contributed by atoms with Crippen LogP contribution in [-0.2, 0) is 9.59 Å². The lowest BCUT2D eigenvalue weighted by Crippen LogP contribution is -2.45. The molecule has 3 amide bonds. The van der Waals surface area contributed by atoms with Crippen molar-refractivity contribution >= 4 is 23.4 Å². The molecule has 1 aliphatic rings. The van der Waals surface area contributed by atoms with Crippen molar-refractivity contribution in [3.63, 3.8) is 0 Å². The highest BCUT2D eigenvalue weighted by Crippen LogP contribution is 2.26. The fourth-order valence-electron chi connectivity index (χ4n) is 3.10. The Morgan fingerprint density at radius 3 is 2.44 bits per heavy atom. The maximum absolute atomic E-state index is 13.0. The van der Waals surface area contributed by atoms with Gasteiger partial charge in [0.05, 0.1) is 19.2 Å². The lowest BCUT2D eigenvalue weighted by molar-refractivity contribution is -0.122. The molecule has 1 saturated heterocycles. The van der Waals surface area contributed by atoms with Gasteiger partial charge in [0, 0.05) is 12.1 Å². The number of methoxy groups -OCH3 is 1. The van der Waals surface area contributed by atoms with Crippen molar-refractivity contribution in [2.75, 3.05) is 18.6 Å². The second-order valence-electron chi connectivity index (χ2n) is 6.10. The molecule has 0 spiro atoms. The minimum absolute atomic E-state index is 0.0521. The number of ether oxygens (including phenoxy) is 1. The van der Waals surface area contributed by atoms with Crippen LogP contribution >= 0.6 is 0 Å². The average Bonchev–Trinajstić information content (AvgIpc) is 3.00. The fraction of sp³-hybridized carbons (Fsp3) is 0.190. The molecule has 3 rings (SSSR count). The van der Waals surface area contributed by atoms with E-state index in [-0.39, 0.29) is 24.8 Å². The first kappa shape index (κ1) is 18.4. The van der Waals surface area contributed by atoms with E-state index in [4.69, 9.17) is 4.74 Å². The minimum atomic E-state index is -0.856. The van der Waals surface area contributed by atoms with Gasteiger partial charge in [0.15, 0.2) is 0 Å². The number of anilines is 1. The summed E-state index contributed by atoms with van der Waals surface area (Å²) >= 11 is 0. The molecule has 138 valence electrons. The van der Waals surface area contributed by atoms with Gasteiger partial charge in [0.2, 0.25) is 5.91 Å². The van der Waals surface area contributed by atoms with Gasteiger partial charge in [-0.25, -0.2) is 4.90 Å². The van der Waals surface area contributed by atoms with Crippen molar-refractivity contribution in [2.45, 2.75) is 12.5 Å². The van der Waals surface area contributed by atoms with Crippen LogP contribution in [-0.4, -0.2) is 42.3 Å². The molecule has 2 aromatic rings. The third-order valence-corrected chi connectivity index (χ3v) is 4.44. The molecule has 2 aromatic carbocycles. The molecule has 0 aliphatic carbocycles. The molecule has 0 N–H and O–H groups in total. The molecule has 1 heterocycles. The summed E-state index contributed by atoms with van der Waals surface area (Å²) in [6.07, 6.45) is 1.49. The Kier molecular flexibility index (Phi) is 5.35. The molecule has 1 unspecified atom stereocenters. The Labute approximate surface area is 157 Å². The monoisotopic (exact) mass is 364 g/mol. The standard InChI is InChI=1S/C21H20N2O4/c1-3-13-22(20(25)15-9-11-17(27-2)12-10-15)18-14-19(24)23(21(18)26)16-7-5-4-6-8-16/h3-12,18H,1,13-14H2,2H3. The van der Waals surface area contributed by atoms with E-state index in [1.165, 1.54) is 4.90 Å². The van der Waals surface area contributed by atoms with Crippen LogP contribution in [0.3, 0.4) is 0 Å². The van der Waals surface area contributed by atoms with Crippen LogP contribution in [0.5, 0.6) is 5.75 Å². The first-order valence-electron chi connectivity index (χ1n) is 8.54. The van der Waals surface area contributed by atoms with E-state index in [9.17, 15) is 14.4 Å². The van der Waals surface area contributed by atoms with Gasteiger partial charge in [-0.15, -0.1) is 6.58 Å². The van der Waals surface area contributed by atoms with E-state index in [0.29, 0.717) is 17.0 Å². The smallest absolute Gasteiger partial charge is 0.257 e. The molecule has 6 heteroatoms. The highest BCUT2D eigenvalue weighted by atomic mass is 16.5. The number of hydrogen-bond donors (Lipinski definition) is 0. The normalized spacial score (nSPS) is 16.3. The number of nitrogens with zero attached hydrogens (tertiary/aromatic N) is 2. The zero-order valence-corrected chi connectivity index (χ0v) is 15.0. The van der Waals surface area contributed by atoms with Crippen LogP contribution < -0.4 is 9.64 Å². The van der Waals surface area contributed by atoms with Gasteiger partial charge in [-0.3, -0.25) is 14.4 Å². The van der Waals surface area contributed by atoms with Crippen LogP contribution in [0.2, 0.25) is 0 Å². The van der Waals surface area contributed by atoms with E-state index >= 15 is 0 Å². The first-order chi connectivity index (χ1) is 13.1. The Hall–Kier alpha value is -3.41. The van der Waals surface area contributed by atoms with Gasteiger partial charge >= 0.3 is 0 Å². The molecule has 0 aromatic heterocycles. The lowest BCUT2D eigenvalue weighted by Gasteiger charge is -2.26. The fourth-order valence-corrected chi connectivity index (χ4v) is 3.10. The SMILES string of the molecule is C=CCN(C(=O)c1ccc(OC)cc1)C1CC(=O)N(c2ccccc2)C1=O. The van der Waals surface area contributed by atoms with Crippen molar-refractivity contribution < 1.29 is 19.1 Å². The number of imide groups is 1. The van der Waals surface area contributed by atoms with E-state index in [1.807, 2.05) is 6.07 Å². The van der Waals surface area contributed by atoms with Crippen LogP contribution in [0.1, 0.15) is 16.8 Å². The predicted octanol–water partition coefficient (Wildman–Crippen LogP) is 2.66. The molecular formula is C21H20N2O4. The summed E-state index contributed by atoms with van der Waals surface area (Å²) in [5.41, 5.74) is 0.918. The summed E-state index contributed by atoms with van der Waals surface area (Å²) in [7, 11) is 1.54. The molecule has 1 aliphatic heterocycles. The van der Waals surface area contributed by atoms with Crippen LogP contribution in [0.25, 0.3) is 0 Å². The van der Waals surface area contributed by atoms with Crippen molar-refractivity contribution in [3.8, 4) is 5.75 Å². The maximum Gasteiger partial charge on any atom is 0.257 e. The molecule has 0 radical (unpaired) electrons. The maximum atomic E-state index is 13.0. The van der Waals surface area contributed by atoms with Crippen LogP contribution in [0.15, 0.2) is 67.3 Å². The van der Waals surface area contributed by atoms with E-state index in [0.717, 1.165) is 4.90 Å². The summed E-state index contributed by atoms with van der Waals surface area (Å²) in [4.78, 5) is 40.9. The van der Waals surface area contributed by atoms with Gasteiger partial charge < -0.3 is 9.64 Å². The highest BCUT2D eigenvalue weighted by molar-refractivity contribution is 6.23. The van der Waals surface area contributed by atoms with E-state index in [1.54, 1.807) is 61.7 Å². The van der Waals surface area contributed by atoms with Crippen molar-refractivity contribution in [2.24, 2.45) is 0 Å². The van der Waals surface area contributed by atoms with Gasteiger partial charge in [0.25, 0.3) is 11.8 Å². The van der Waals surface area contributed by atoms with Crippen molar-refractivity contribution in [1.29, 1.82) is 0 Å². The molecule has 1 atom stereocenters. The number of amides is 3. The highest BCUT2D eigenvalue weighted by Gasteiger charge is 2.44. The predicted molar refractivity (Wildman–Crippen MR) is 102 cm³/mol. The number of benzene rings is 2. The number of carbonyl (C=O) groups excluding carboxylic acids is 3. The lowest BCUT2D eigenvalue weighted by atomic mass is 10.1. The van der Waals surface area contributed by atoms with Gasteiger partial charge in [-0.1, -0.05) is 24.3 Å². The van der Waals surface area contributed by atoms with Gasteiger partial charge in [-0.05, 0) is 36.4 Å². The summed E-state index contributed by atoms with van der Waals surface area (Å²) in [5.74, 6) is -0.439. The minimum Gasteiger partial charge on any atom is -0.497 e. The molecule has 1 fully saturated rings. The van der Waals surface area contributed by atoms with Gasteiger partial charge in [0.1, 0.15) is 11.8 Å².